The molecule has 6 nitrogen and oxygen atoms in total. The van der Waals surface area contributed by atoms with Crippen molar-refractivity contribution in [3.63, 3.8) is 0 Å². The fourth-order valence-electron chi connectivity index (χ4n) is 1.74. The summed E-state index contributed by atoms with van der Waals surface area (Å²) in [5, 5.41) is 7.64. The number of hydrogen-bond donors (Lipinski definition) is 2. The van der Waals surface area contributed by atoms with E-state index in [0.29, 0.717) is 18.7 Å². The summed E-state index contributed by atoms with van der Waals surface area (Å²) in [7, 11) is -3.70. The molecule has 1 atom stereocenters. The smallest absolute Gasteiger partial charge is 0.253 e. The largest absolute Gasteiger partial charge is 0.368 e. The number of carbonyl (C=O) groups excluding carboxylic acids is 1. The monoisotopic (exact) mass is 270 g/mol. The Balaban J connectivity index is 2.04. The normalized spacial score (nSPS) is 19.7. The summed E-state index contributed by atoms with van der Waals surface area (Å²) in [6, 6.07) is 5.68. The van der Waals surface area contributed by atoms with Gasteiger partial charge in [-0.2, -0.15) is 0 Å². The van der Waals surface area contributed by atoms with Crippen LogP contribution in [0.25, 0.3) is 0 Å². The number of rotatable bonds is 3. The molecule has 1 saturated heterocycles. The van der Waals surface area contributed by atoms with Gasteiger partial charge >= 0.3 is 0 Å². The van der Waals surface area contributed by atoms with Gasteiger partial charge in [0, 0.05) is 12.3 Å². The Labute approximate surface area is 105 Å². The molecule has 0 bridgehead atoms. The summed E-state index contributed by atoms with van der Waals surface area (Å²) in [6.45, 7) is 0.600. The van der Waals surface area contributed by atoms with Crippen LogP contribution in [0.2, 0.25) is 0 Å². The Morgan fingerprint density at radius 3 is 2.50 bits per heavy atom. The molecule has 3 N–H and O–H groups in total. The van der Waals surface area contributed by atoms with Gasteiger partial charge in [0.15, 0.2) is 0 Å². The number of hydrogen-bond acceptors (Lipinski definition) is 4. The number of nitrogens with two attached hydrogens (primary N) is 1. The second kappa shape index (κ2) is 5.05. The Morgan fingerprint density at radius 1 is 1.33 bits per heavy atom. The quantitative estimate of drug-likeness (QED) is 0.833. The minimum atomic E-state index is -3.70. The molecule has 0 radical (unpaired) electrons. The van der Waals surface area contributed by atoms with Gasteiger partial charge in [0.1, 0.15) is 6.10 Å². The van der Waals surface area contributed by atoms with E-state index in [9.17, 15) is 13.2 Å². The fourth-order valence-corrected chi connectivity index (χ4v) is 2.25. The number of amides is 1. The molecule has 98 valence electrons. The van der Waals surface area contributed by atoms with Crippen LogP contribution in [-0.4, -0.2) is 27.0 Å². The van der Waals surface area contributed by atoms with E-state index in [-0.39, 0.29) is 10.8 Å². The van der Waals surface area contributed by atoms with Gasteiger partial charge in [0.05, 0.1) is 4.90 Å². The molecule has 0 aromatic heterocycles. The first-order valence-electron chi connectivity index (χ1n) is 5.52. The molecule has 0 spiro atoms. The van der Waals surface area contributed by atoms with E-state index in [2.05, 4.69) is 5.32 Å². The Morgan fingerprint density at radius 2 is 2.00 bits per heavy atom. The lowest BCUT2D eigenvalue weighted by Crippen LogP contribution is -2.26. The van der Waals surface area contributed by atoms with Crippen molar-refractivity contribution in [1.29, 1.82) is 0 Å². The first-order chi connectivity index (χ1) is 8.47. The average Bonchev–Trinajstić information content (AvgIpc) is 2.82. The Bertz CT molecular complexity index is 533. The van der Waals surface area contributed by atoms with E-state index in [4.69, 9.17) is 9.88 Å². The first kappa shape index (κ1) is 13.0. The Kier molecular flexibility index (Phi) is 3.65. The molecule has 0 unspecified atom stereocenters. The van der Waals surface area contributed by atoms with Crippen LogP contribution in [0.1, 0.15) is 12.8 Å². The average molecular weight is 270 g/mol. The number of primary sulfonamides is 1. The zero-order chi connectivity index (χ0) is 13.2. The van der Waals surface area contributed by atoms with Crippen molar-refractivity contribution < 1.29 is 17.9 Å². The van der Waals surface area contributed by atoms with Gasteiger partial charge in [-0.05, 0) is 37.1 Å². The van der Waals surface area contributed by atoms with Gasteiger partial charge in [-0.15, -0.1) is 0 Å². The van der Waals surface area contributed by atoms with Crippen LogP contribution in [0.3, 0.4) is 0 Å². The van der Waals surface area contributed by atoms with Gasteiger partial charge in [-0.25, -0.2) is 13.6 Å². The van der Waals surface area contributed by atoms with Crippen LogP contribution >= 0.6 is 0 Å². The minimum absolute atomic E-state index is 0.0117. The third kappa shape index (κ3) is 3.06. The summed E-state index contributed by atoms with van der Waals surface area (Å²) >= 11 is 0. The maximum Gasteiger partial charge on any atom is 0.253 e. The van der Waals surface area contributed by atoms with Crippen molar-refractivity contribution >= 4 is 21.6 Å². The van der Waals surface area contributed by atoms with Crippen LogP contribution in [0.5, 0.6) is 0 Å². The number of sulfonamides is 1. The van der Waals surface area contributed by atoms with Crippen LogP contribution in [0.15, 0.2) is 29.2 Å². The van der Waals surface area contributed by atoms with E-state index in [1.165, 1.54) is 24.3 Å². The van der Waals surface area contributed by atoms with Crippen LogP contribution in [-0.2, 0) is 19.6 Å². The SMILES string of the molecule is NS(=O)(=O)c1ccc(NC(=O)[C@@H]2CCCO2)cc1. The number of nitrogens with one attached hydrogen (secondary N) is 1. The number of ether oxygens (including phenoxy) is 1. The zero-order valence-electron chi connectivity index (χ0n) is 9.63. The van der Waals surface area contributed by atoms with Crippen molar-refractivity contribution in [2.24, 2.45) is 5.14 Å². The molecule has 1 heterocycles. The highest BCUT2D eigenvalue weighted by Crippen LogP contribution is 2.16. The standard InChI is InChI=1S/C11H14N2O4S/c12-18(15,16)9-5-3-8(4-6-9)13-11(14)10-2-1-7-17-10/h3-6,10H,1-2,7H2,(H,13,14)(H2,12,15,16)/t10-/m0/s1. The third-order valence-corrected chi connectivity index (χ3v) is 3.60. The highest BCUT2D eigenvalue weighted by molar-refractivity contribution is 7.89. The van der Waals surface area contributed by atoms with Crippen molar-refractivity contribution in [3.05, 3.63) is 24.3 Å². The predicted molar refractivity (Wildman–Crippen MR) is 65.4 cm³/mol. The van der Waals surface area contributed by atoms with Crippen molar-refractivity contribution in [3.8, 4) is 0 Å². The highest BCUT2D eigenvalue weighted by atomic mass is 32.2. The molecule has 2 rings (SSSR count). The van der Waals surface area contributed by atoms with E-state index in [0.717, 1.165) is 6.42 Å². The number of anilines is 1. The molecule has 1 aromatic rings. The zero-order valence-corrected chi connectivity index (χ0v) is 10.4. The third-order valence-electron chi connectivity index (χ3n) is 2.67. The van der Waals surface area contributed by atoms with E-state index in [1.807, 2.05) is 0 Å². The van der Waals surface area contributed by atoms with Crippen molar-refractivity contribution in [1.82, 2.24) is 0 Å². The lowest BCUT2D eigenvalue weighted by Gasteiger charge is -2.10. The molecule has 7 heteroatoms. The van der Waals surface area contributed by atoms with Gasteiger partial charge in [0.25, 0.3) is 5.91 Å². The van der Waals surface area contributed by atoms with E-state index >= 15 is 0 Å². The summed E-state index contributed by atoms with van der Waals surface area (Å²) in [5.41, 5.74) is 0.517. The van der Waals surface area contributed by atoms with Gasteiger partial charge in [-0.3, -0.25) is 4.79 Å². The molecule has 0 aliphatic carbocycles. The predicted octanol–water partition coefficient (Wildman–Crippen LogP) is 0.451. The van der Waals surface area contributed by atoms with Gasteiger partial charge < -0.3 is 10.1 Å². The molecular weight excluding hydrogens is 256 g/mol. The van der Waals surface area contributed by atoms with Crippen LogP contribution < -0.4 is 10.5 Å². The van der Waals surface area contributed by atoms with E-state index in [1.54, 1.807) is 0 Å². The maximum atomic E-state index is 11.7. The molecule has 1 aromatic carbocycles. The number of carbonyl (C=O) groups is 1. The first-order valence-corrected chi connectivity index (χ1v) is 7.07. The van der Waals surface area contributed by atoms with E-state index < -0.39 is 16.1 Å². The van der Waals surface area contributed by atoms with Gasteiger partial charge in [-0.1, -0.05) is 0 Å². The lowest BCUT2D eigenvalue weighted by molar-refractivity contribution is -0.124. The van der Waals surface area contributed by atoms with Crippen LogP contribution in [0, 0.1) is 0 Å². The molecule has 1 aliphatic rings. The molecule has 0 saturated carbocycles. The summed E-state index contributed by atoms with van der Waals surface area (Å²) < 4.78 is 27.3. The topological polar surface area (TPSA) is 98.5 Å². The molecule has 18 heavy (non-hydrogen) atoms. The van der Waals surface area contributed by atoms with Crippen LogP contribution in [0.4, 0.5) is 5.69 Å². The maximum absolute atomic E-state index is 11.7. The number of benzene rings is 1. The molecule has 1 aliphatic heterocycles. The minimum Gasteiger partial charge on any atom is -0.368 e. The van der Waals surface area contributed by atoms with Gasteiger partial charge in [0.2, 0.25) is 10.0 Å². The molecule has 1 fully saturated rings. The fraction of sp³-hybridized carbons (Fsp3) is 0.364. The molecule has 1 amide bonds. The highest BCUT2D eigenvalue weighted by Gasteiger charge is 2.23. The summed E-state index contributed by atoms with van der Waals surface area (Å²) in [5.74, 6) is -0.212. The second-order valence-corrected chi connectivity index (χ2v) is 5.62. The lowest BCUT2D eigenvalue weighted by atomic mass is 10.2. The van der Waals surface area contributed by atoms with Crippen molar-refractivity contribution in [2.75, 3.05) is 11.9 Å². The summed E-state index contributed by atoms with van der Waals surface area (Å²) in [4.78, 5) is 11.7. The second-order valence-electron chi connectivity index (χ2n) is 4.06. The summed E-state index contributed by atoms with van der Waals surface area (Å²) in [6.07, 6.45) is 1.17. The Hall–Kier alpha value is -1.44. The van der Waals surface area contributed by atoms with Crippen molar-refractivity contribution in [2.45, 2.75) is 23.8 Å². The molecular formula is C11H14N2O4S.